The van der Waals surface area contributed by atoms with Crippen LogP contribution in [0.4, 0.5) is 0 Å². The number of allylic oxidation sites excluding steroid dienone is 9. The van der Waals surface area contributed by atoms with E-state index in [-0.39, 0.29) is 12.3 Å². The molecule has 0 aromatic carbocycles. The highest BCUT2D eigenvalue weighted by molar-refractivity contribution is 7.85. The van der Waals surface area contributed by atoms with Crippen LogP contribution in [0.5, 0.6) is 0 Å². The molecule has 55 heavy (non-hydrogen) atoms. The number of carbonyl (C=O) groups is 1. The highest BCUT2D eigenvalue weighted by Crippen LogP contribution is 2.14. The Balaban J connectivity index is 3.92. The molecule has 0 radical (unpaired) electrons. The maximum Gasteiger partial charge on any atom is 0.267 e. The van der Waals surface area contributed by atoms with Crippen molar-refractivity contribution in [2.45, 2.75) is 231 Å². The molecule has 0 bridgehead atoms. The molecule has 6 nitrogen and oxygen atoms in total. The van der Waals surface area contributed by atoms with E-state index in [9.17, 15) is 22.9 Å². The van der Waals surface area contributed by atoms with Crippen LogP contribution < -0.4 is 5.32 Å². The Morgan fingerprint density at radius 3 is 1.27 bits per heavy atom. The Kier molecular flexibility index (Phi) is 40.2. The third-order valence-electron chi connectivity index (χ3n) is 10.2. The summed E-state index contributed by atoms with van der Waals surface area (Å²) in [6.45, 7) is 4.52. The van der Waals surface area contributed by atoms with E-state index in [1.807, 2.05) is 6.08 Å². The minimum atomic E-state index is -4.36. The summed E-state index contributed by atoms with van der Waals surface area (Å²) in [5.74, 6) is -1.01. The van der Waals surface area contributed by atoms with Crippen LogP contribution in [0.1, 0.15) is 219 Å². The van der Waals surface area contributed by atoms with E-state index in [2.05, 4.69) is 67.8 Å². The first-order valence-electron chi connectivity index (χ1n) is 23.0. The van der Waals surface area contributed by atoms with Crippen molar-refractivity contribution in [1.29, 1.82) is 0 Å². The number of aliphatic hydroxyl groups excluding tert-OH is 1. The molecule has 0 aliphatic heterocycles. The molecule has 3 N–H and O–H groups in total. The molecular formula is C48H87NO5S. The summed E-state index contributed by atoms with van der Waals surface area (Å²) < 4.78 is 32.6. The fourth-order valence-corrected chi connectivity index (χ4v) is 7.44. The zero-order valence-electron chi connectivity index (χ0n) is 35.8. The van der Waals surface area contributed by atoms with E-state index in [1.54, 1.807) is 0 Å². The lowest BCUT2D eigenvalue weighted by Crippen LogP contribution is -2.46. The fraction of sp³-hybridized carbons (Fsp3) is 0.771. The molecule has 0 aromatic rings. The Bertz CT molecular complexity index is 1090. The second-order valence-corrected chi connectivity index (χ2v) is 17.2. The smallest absolute Gasteiger partial charge is 0.267 e. The summed E-state index contributed by atoms with van der Waals surface area (Å²) in [4.78, 5) is 12.5. The molecule has 0 aliphatic rings. The lowest BCUT2D eigenvalue weighted by Gasteiger charge is -2.21. The largest absolute Gasteiger partial charge is 0.387 e. The van der Waals surface area contributed by atoms with Crippen molar-refractivity contribution in [1.82, 2.24) is 5.32 Å². The first kappa shape index (κ1) is 53.0. The third-order valence-corrected chi connectivity index (χ3v) is 10.9. The molecule has 7 heteroatoms. The van der Waals surface area contributed by atoms with Crippen LogP contribution in [-0.4, -0.2) is 41.9 Å². The summed E-state index contributed by atoms with van der Waals surface area (Å²) in [6.07, 6.45) is 57.8. The van der Waals surface area contributed by atoms with Crippen LogP contribution in [-0.2, 0) is 14.9 Å². The number of unbranched alkanes of at least 4 members (excludes halogenated alkanes) is 25. The molecule has 0 saturated carbocycles. The van der Waals surface area contributed by atoms with Gasteiger partial charge in [-0.2, -0.15) is 8.42 Å². The summed E-state index contributed by atoms with van der Waals surface area (Å²) in [6, 6.07) is -1.08. The topological polar surface area (TPSA) is 104 Å². The van der Waals surface area contributed by atoms with Gasteiger partial charge in [-0.3, -0.25) is 9.35 Å². The van der Waals surface area contributed by atoms with Crippen LogP contribution in [0.25, 0.3) is 0 Å². The van der Waals surface area contributed by atoms with Crippen molar-refractivity contribution < 1.29 is 22.9 Å². The number of rotatable bonds is 41. The van der Waals surface area contributed by atoms with Crippen molar-refractivity contribution in [3.63, 3.8) is 0 Å². The minimum Gasteiger partial charge on any atom is -0.387 e. The predicted octanol–water partition coefficient (Wildman–Crippen LogP) is 14.0. The van der Waals surface area contributed by atoms with Gasteiger partial charge in [0.2, 0.25) is 5.91 Å². The van der Waals surface area contributed by atoms with E-state index in [1.165, 1.54) is 141 Å². The normalized spacial score (nSPS) is 13.7. The number of aliphatic hydroxyl groups is 1. The van der Waals surface area contributed by atoms with Crippen LogP contribution in [0.15, 0.2) is 60.8 Å². The van der Waals surface area contributed by atoms with Crippen LogP contribution in [0, 0.1) is 0 Å². The number of carbonyl (C=O) groups excluding carboxylic acids is 1. The Hall–Kier alpha value is -1.96. The lowest BCUT2D eigenvalue weighted by atomic mass is 10.1. The van der Waals surface area contributed by atoms with Crippen LogP contribution in [0.2, 0.25) is 0 Å². The van der Waals surface area contributed by atoms with Gasteiger partial charge in [-0.15, -0.1) is 0 Å². The van der Waals surface area contributed by atoms with E-state index in [0.717, 1.165) is 57.8 Å². The molecule has 0 aromatic heterocycles. The van der Waals surface area contributed by atoms with Crippen molar-refractivity contribution >= 4 is 16.0 Å². The first-order chi connectivity index (χ1) is 26.8. The average Bonchev–Trinajstić information content (AvgIpc) is 3.15. The number of hydrogen-bond acceptors (Lipinski definition) is 4. The van der Waals surface area contributed by atoms with E-state index < -0.39 is 28.0 Å². The quantitative estimate of drug-likeness (QED) is 0.0325. The van der Waals surface area contributed by atoms with E-state index in [0.29, 0.717) is 6.42 Å². The van der Waals surface area contributed by atoms with Crippen molar-refractivity contribution in [3.8, 4) is 0 Å². The molecular weight excluding hydrogens is 703 g/mol. The highest BCUT2D eigenvalue weighted by Gasteiger charge is 2.24. The maximum atomic E-state index is 12.5. The van der Waals surface area contributed by atoms with Gasteiger partial charge in [0.1, 0.15) is 0 Å². The average molecular weight is 790 g/mol. The van der Waals surface area contributed by atoms with Gasteiger partial charge in [-0.25, -0.2) is 0 Å². The van der Waals surface area contributed by atoms with Crippen molar-refractivity contribution in [2.75, 3.05) is 5.75 Å². The van der Waals surface area contributed by atoms with Gasteiger partial charge in [0.15, 0.2) is 0 Å². The van der Waals surface area contributed by atoms with Crippen molar-refractivity contribution in [3.05, 3.63) is 60.8 Å². The number of hydrogen-bond donors (Lipinski definition) is 3. The zero-order chi connectivity index (χ0) is 40.3. The lowest BCUT2D eigenvalue weighted by molar-refractivity contribution is -0.122. The molecule has 0 aliphatic carbocycles. The molecule has 2 atom stereocenters. The van der Waals surface area contributed by atoms with Crippen LogP contribution in [0.3, 0.4) is 0 Å². The summed E-state index contributed by atoms with van der Waals surface area (Å²) in [7, 11) is -4.36. The first-order valence-corrected chi connectivity index (χ1v) is 24.6. The Morgan fingerprint density at radius 1 is 0.491 bits per heavy atom. The van der Waals surface area contributed by atoms with E-state index in [4.69, 9.17) is 0 Å². The highest BCUT2D eigenvalue weighted by atomic mass is 32.2. The predicted molar refractivity (Wildman–Crippen MR) is 239 cm³/mol. The fourth-order valence-electron chi connectivity index (χ4n) is 6.71. The van der Waals surface area contributed by atoms with Gasteiger partial charge in [0.05, 0.1) is 17.9 Å². The van der Waals surface area contributed by atoms with Gasteiger partial charge in [0.25, 0.3) is 10.1 Å². The molecule has 0 spiro atoms. The monoisotopic (exact) mass is 790 g/mol. The molecule has 0 saturated heterocycles. The minimum absolute atomic E-state index is 0.278. The number of amides is 1. The Labute approximate surface area is 341 Å². The molecule has 0 fully saturated rings. The second-order valence-electron chi connectivity index (χ2n) is 15.7. The van der Waals surface area contributed by atoms with Gasteiger partial charge in [-0.05, 0) is 70.6 Å². The van der Waals surface area contributed by atoms with Gasteiger partial charge >= 0.3 is 0 Å². The summed E-state index contributed by atoms with van der Waals surface area (Å²) in [5, 5.41) is 13.2. The summed E-state index contributed by atoms with van der Waals surface area (Å²) >= 11 is 0. The maximum absolute atomic E-state index is 12.5. The van der Waals surface area contributed by atoms with Gasteiger partial charge in [0, 0.05) is 6.42 Å². The van der Waals surface area contributed by atoms with Gasteiger partial charge in [-0.1, -0.05) is 203 Å². The van der Waals surface area contributed by atoms with Crippen LogP contribution >= 0.6 is 0 Å². The standard InChI is InChI=1S/C48H87NO5S/c1-3-5-7-9-11-13-15-17-19-21-22-23-24-25-26-28-30-32-34-36-38-40-42-44-48(51)49-46(45-55(52,53)54)47(50)43-41-39-37-35-33-31-29-27-20-18-16-14-12-10-8-6-4-2/h15,17,21-22,24-25,33,35,41,43,46-47,50H,3-14,16,18-20,23,26-32,34,36-40,42,44-45H2,1-2H3,(H,49,51)(H,52,53,54)/b17-15-,22-21-,25-24-,35-33+,43-41+. The molecule has 2 unspecified atom stereocenters. The molecule has 320 valence electrons. The summed E-state index contributed by atoms with van der Waals surface area (Å²) in [5.41, 5.74) is 0. The number of nitrogens with one attached hydrogen (secondary N) is 1. The van der Waals surface area contributed by atoms with Gasteiger partial charge < -0.3 is 10.4 Å². The van der Waals surface area contributed by atoms with Crippen molar-refractivity contribution in [2.24, 2.45) is 0 Å². The molecule has 1 amide bonds. The molecule has 0 rings (SSSR count). The van der Waals surface area contributed by atoms with E-state index >= 15 is 0 Å². The third kappa shape index (κ3) is 43.0. The zero-order valence-corrected chi connectivity index (χ0v) is 36.6. The Morgan fingerprint density at radius 2 is 0.836 bits per heavy atom. The SMILES string of the molecule is CCCCCCC/C=C\C/C=C\C/C=C\CCCCCCCCCCC(=O)NC(CS(=O)(=O)O)C(O)/C=C/CC/C=C/CCCCCCCCCCCCC. The molecule has 0 heterocycles. The second kappa shape index (κ2) is 41.7.